The summed E-state index contributed by atoms with van der Waals surface area (Å²) in [6.45, 7) is 0. The zero-order valence-electron chi connectivity index (χ0n) is 12.7. The average molecular weight is 325 g/mol. The lowest BCUT2D eigenvalue weighted by Crippen LogP contribution is -2.40. The average Bonchev–Trinajstić information content (AvgIpc) is 3.28. The van der Waals surface area contributed by atoms with Crippen LogP contribution < -0.4 is 5.32 Å². The van der Waals surface area contributed by atoms with Crippen LogP contribution in [0.4, 0.5) is 0 Å². The van der Waals surface area contributed by atoms with E-state index in [4.69, 9.17) is 0 Å². The number of amides is 1. The summed E-state index contributed by atoms with van der Waals surface area (Å²) in [5, 5.41) is 13.4. The van der Waals surface area contributed by atoms with E-state index in [2.05, 4.69) is 5.32 Å². The van der Waals surface area contributed by atoms with Crippen LogP contribution in [-0.4, -0.2) is 21.9 Å². The second-order valence-electron chi connectivity index (χ2n) is 6.33. The van der Waals surface area contributed by atoms with Crippen molar-refractivity contribution in [3.05, 3.63) is 65.7 Å². The lowest BCUT2D eigenvalue weighted by atomic mass is 10.1. The first-order valence-electron chi connectivity index (χ1n) is 7.99. The van der Waals surface area contributed by atoms with Crippen molar-refractivity contribution in [3.8, 4) is 0 Å². The molecule has 3 nitrogen and oxygen atoms in total. The maximum Gasteiger partial charge on any atom is 0.237 e. The molecule has 0 saturated heterocycles. The van der Waals surface area contributed by atoms with E-state index in [0.717, 1.165) is 28.9 Å². The van der Waals surface area contributed by atoms with Crippen molar-refractivity contribution in [1.82, 2.24) is 5.32 Å². The molecule has 118 valence electrons. The van der Waals surface area contributed by atoms with Crippen molar-refractivity contribution in [1.29, 1.82) is 0 Å². The molecular weight excluding hydrogens is 306 g/mol. The third kappa shape index (κ3) is 2.77. The van der Waals surface area contributed by atoms with Gasteiger partial charge in [-0.3, -0.25) is 4.79 Å². The molecule has 2 atom stereocenters. The zero-order chi connectivity index (χ0) is 15.9. The number of carbonyl (C=O) groups is 1. The Morgan fingerprint density at radius 2 is 1.78 bits per heavy atom. The van der Waals surface area contributed by atoms with E-state index in [0.29, 0.717) is 6.42 Å². The number of thioether (sulfide) groups is 1. The minimum atomic E-state index is -0.533. The van der Waals surface area contributed by atoms with E-state index in [-0.39, 0.29) is 16.7 Å². The normalized spacial score (nSPS) is 24.0. The summed E-state index contributed by atoms with van der Waals surface area (Å²) in [5.41, 5.74) is 2.18. The number of nitrogens with one attached hydrogen (secondary N) is 1. The summed E-state index contributed by atoms with van der Waals surface area (Å²) >= 11 is 1.64. The number of aliphatic hydroxyl groups excluding tert-OH is 1. The zero-order valence-corrected chi connectivity index (χ0v) is 13.6. The third-order valence-corrected chi connectivity index (χ3v) is 6.16. The molecule has 0 aliphatic heterocycles. The van der Waals surface area contributed by atoms with Gasteiger partial charge >= 0.3 is 0 Å². The van der Waals surface area contributed by atoms with Gasteiger partial charge in [-0.25, -0.2) is 0 Å². The number of benzene rings is 2. The van der Waals surface area contributed by atoms with Gasteiger partial charge in [-0.1, -0.05) is 42.5 Å². The van der Waals surface area contributed by atoms with E-state index >= 15 is 0 Å². The third-order valence-electron chi connectivity index (χ3n) is 4.66. The molecule has 0 radical (unpaired) electrons. The van der Waals surface area contributed by atoms with Crippen molar-refractivity contribution < 1.29 is 9.90 Å². The summed E-state index contributed by atoms with van der Waals surface area (Å²) in [5.74, 6) is 0.0482. The minimum Gasteiger partial charge on any atom is -0.390 e. The Morgan fingerprint density at radius 1 is 1.09 bits per heavy atom. The molecule has 0 unspecified atom stereocenters. The number of hydrogen-bond donors (Lipinski definition) is 2. The predicted octanol–water partition coefficient (Wildman–Crippen LogP) is 3.09. The van der Waals surface area contributed by atoms with Gasteiger partial charge in [0.05, 0.1) is 16.9 Å². The van der Waals surface area contributed by atoms with Gasteiger partial charge in [-0.05, 0) is 36.1 Å². The molecule has 4 heteroatoms. The van der Waals surface area contributed by atoms with Crippen LogP contribution in [0.15, 0.2) is 59.5 Å². The predicted molar refractivity (Wildman–Crippen MR) is 91.3 cm³/mol. The van der Waals surface area contributed by atoms with Crippen LogP contribution in [0, 0.1) is 0 Å². The number of hydrogen-bond acceptors (Lipinski definition) is 3. The first-order valence-corrected chi connectivity index (χ1v) is 8.80. The van der Waals surface area contributed by atoms with E-state index in [1.165, 1.54) is 0 Å². The molecule has 1 amide bonds. The van der Waals surface area contributed by atoms with Crippen LogP contribution in [0.25, 0.3) is 0 Å². The maximum absolute atomic E-state index is 12.8. The fraction of sp³-hybridized carbons (Fsp3) is 0.316. The molecule has 23 heavy (non-hydrogen) atoms. The smallest absolute Gasteiger partial charge is 0.237 e. The van der Waals surface area contributed by atoms with Crippen molar-refractivity contribution in [2.24, 2.45) is 0 Å². The van der Waals surface area contributed by atoms with Gasteiger partial charge in [-0.2, -0.15) is 0 Å². The fourth-order valence-corrected chi connectivity index (χ4v) is 4.43. The van der Waals surface area contributed by atoms with Gasteiger partial charge < -0.3 is 10.4 Å². The summed E-state index contributed by atoms with van der Waals surface area (Å²) < 4.78 is -0.362. The van der Waals surface area contributed by atoms with E-state index < -0.39 is 6.10 Å². The molecule has 2 N–H and O–H groups in total. The summed E-state index contributed by atoms with van der Waals surface area (Å²) in [4.78, 5) is 13.9. The molecule has 2 aliphatic rings. The molecule has 1 fully saturated rings. The SMILES string of the molecule is O=C(N[C@@H]1c2ccccc2C[C@@H]1O)C1(Sc2ccccc2)CC1. The highest BCUT2D eigenvalue weighted by atomic mass is 32.2. The Morgan fingerprint density at radius 3 is 2.52 bits per heavy atom. The Bertz CT molecular complexity index is 727. The van der Waals surface area contributed by atoms with E-state index in [1.54, 1.807) is 11.8 Å². The Labute approximate surface area is 140 Å². The van der Waals surface area contributed by atoms with Crippen LogP contribution >= 0.6 is 11.8 Å². The molecule has 2 aliphatic carbocycles. The number of fused-ring (bicyclic) bond motifs is 1. The van der Waals surface area contributed by atoms with Gasteiger partial charge in [0.2, 0.25) is 5.91 Å². The number of rotatable bonds is 4. The highest BCUT2D eigenvalue weighted by molar-refractivity contribution is 8.01. The molecule has 0 spiro atoms. The molecule has 4 rings (SSSR count). The fourth-order valence-electron chi connectivity index (χ4n) is 3.22. The second-order valence-corrected chi connectivity index (χ2v) is 7.79. The quantitative estimate of drug-likeness (QED) is 0.908. The summed E-state index contributed by atoms with van der Waals surface area (Å²) in [7, 11) is 0. The van der Waals surface area contributed by atoms with Crippen molar-refractivity contribution in [2.75, 3.05) is 0 Å². The van der Waals surface area contributed by atoms with Crippen molar-refractivity contribution in [2.45, 2.75) is 41.1 Å². The molecular formula is C19H19NO2S. The van der Waals surface area contributed by atoms with Gasteiger partial charge in [0, 0.05) is 11.3 Å². The van der Waals surface area contributed by atoms with Crippen LogP contribution in [0.5, 0.6) is 0 Å². The number of carbonyl (C=O) groups excluding carboxylic acids is 1. The van der Waals surface area contributed by atoms with Crippen LogP contribution in [0.3, 0.4) is 0 Å². The molecule has 2 aromatic rings. The minimum absolute atomic E-state index is 0.0482. The molecule has 1 saturated carbocycles. The van der Waals surface area contributed by atoms with Gasteiger partial charge in [0.15, 0.2) is 0 Å². The Hall–Kier alpha value is -1.78. The second kappa shape index (κ2) is 5.69. The topological polar surface area (TPSA) is 49.3 Å². The van der Waals surface area contributed by atoms with E-state index in [9.17, 15) is 9.90 Å². The lowest BCUT2D eigenvalue weighted by molar-refractivity contribution is -0.122. The monoisotopic (exact) mass is 325 g/mol. The van der Waals surface area contributed by atoms with Gasteiger partial charge in [0.1, 0.15) is 0 Å². The van der Waals surface area contributed by atoms with Crippen LogP contribution in [-0.2, 0) is 11.2 Å². The Balaban J connectivity index is 1.50. The van der Waals surface area contributed by atoms with Crippen molar-refractivity contribution in [3.63, 3.8) is 0 Å². The molecule has 0 aromatic heterocycles. The molecule has 0 bridgehead atoms. The van der Waals surface area contributed by atoms with Crippen LogP contribution in [0.2, 0.25) is 0 Å². The maximum atomic E-state index is 12.8. The molecule has 2 aromatic carbocycles. The summed E-state index contributed by atoms with van der Waals surface area (Å²) in [6, 6.07) is 17.7. The van der Waals surface area contributed by atoms with Gasteiger partial charge in [-0.15, -0.1) is 11.8 Å². The van der Waals surface area contributed by atoms with E-state index in [1.807, 2.05) is 54.6 Å². The first-order chi connectivity index (χ1) is 11.2. The first kappa shape index (κ1) is 14.8. The highest BCUT2D eigenvalue weighted by Gasteiger charge is 2.52. The standard InChI is InChI=1S/C19H19NO2S/c21-16-12-13-6-4-5-9-15(13)17(16)20-18(22)19(10-11-19)23-14-7-2-1-3-8-14/h1-9,16-17,21H,10-12H2,(H,20,22)/t16-,17+/m0/s1. The molecule has 0 heterocycles. The highest BCUT2D eigenvalue weighted by Crippen LogP contribution is 2.52. The number of aliphatic hydroxyl groups is 1. The van der Waals surface area contributed by atoms with Crippen molar-refractivity contribution >= 4 is 17.7 Å². The largest absolute Gasteiger partial charge is 0.390 e. The lowest BCUT2D eigenvalue weighted by Gasteiger charge is -2.22. The van der Waals surface area contributed by atoms with Crippen LogP contribution in [0.1, 0.15) is 30.0 Å². The van der Waals surface area contributed by atoms with Gasteiger partial charge in [0.25, 0.3) is 0 Å². The summed E-state index contributed by atoms with van der Waals surface area (Å²) in [6.07, 6.45) is 1.86. The Kier molecular flexibility index (Phi) is 3.66.